The van der Waals surface area contributed by atoms with Crippen LogP contribution in [0.4, 0.5) is 5.82 Å². The maximum absolute atomic E-state index is 13.6. The molecule has 1 atom stereocenters. The van der Waals surface area contributed by atoms with Gasteiger partial charge in [-0.1, -0.05) is 0 Å². The summed E-state index contributed by atoms with van der Waals surface area (Å²) in [6.07, 6.45) is 7.67. The number of fused-ring (bicyclic) bond motifs is 1. The van der Waals surface area contributed by atoms with Crippen molar-refractivity contribution in [1.29, 1.82) is 5.26 Å². The van der Waals surface area contributed by atoms with E-state index in [2.05, 4.69) is 37.2 Å². The van der Waals surface area contributed by atoms with Gasteiger partial charge in [-0.25, -0.2) is 4.98 Å². The first-order chi connectivity index (χ1) is 19.1. The molecule has 4 aliphatic rings. The van der Waals surface area contributed by atoms with Gasteiger partial charge in [-0.05, 0) is 56.6 Å². The van der Waals surface area contributed by atoms with Crippen molar-refractivity contribution in [2.24, 2.45) is 11.3 Å². The molecule has 0 radical (unpaired) electrons. The van der Waals surface area contributed by atoms with Crippen LogP contribution in [0.2, 0.25) is 0 Å². The number of H-pyrrole nitrogens is 1. The van der Waals surface area contributed by atoms with Gasteiger partial charge in [0.1, 0.15) is 18.1 Å². The predicted molar refractivity (Wildman–Crippen MR) is 141 cm³/mol. The van der Waals surface area contributed by atoms with Crippen LogP contribution in [0.3, 0.4) is 0 Å². The van der Waals surface area contributed by atoms with E-state index in [1.807, 2.05) is 11.0 Å². The third kappa shape index (κ3) is 4.89. The van der Waals surface area contributed by atoms with Crippen molar-refractivity contribution in [2.75, 3.05) is 44.3 Å². The Bertz CT molecular complexity index is 1420. The van der Waals surface area contributed by atoms with Crippen molar-refractivity contribution >= 4 is 22.8 Å². The van der Waals surface area contributed by atoms with Crippen LogP contribution in [0.15, 0.2) is 24.4 Å². The maximum atomic E-state index is 13.6. The number of anilines is 1. The SMILES string of the molecule is N#CC1(COc2nc(C(=O)N3CCOC(C4CC4)C3)cc(N3CCC(c4[nH]nc5ncccc45)CC3)n2)CC1. The minimum Gasteiger partial charge on any atom is -0.462 e. The molecule has 0 aromatic carbocycles. The van der Waals surface area contributed by atoms with Crippen LogP contribution < -0.4 is 9.64 Å². The van der Waals surface area contributed by atoms with E-state index in [0.29, 0.717) is 43.0 Å². The quantitative estimate of drug-likeness (QED) is 0.491. The maximum Gasteiger partial charge on any atom is 0.319 e. The molecule has 3 aromatic rings. The number of nitrogens with one attached hydrogen (secondary N) is 1. The summed E-state index contributed by atoms with van der Waals surface area (Å²) < 4.78 is 11.9. The Labute approximate surface area is 226 Å². The molecule has 4 fully saturated rings. The predicted octanol–water partition coefficient (Wildman–Crippen LogP) is 3.07. The lowest BCUT2D eigenvalue weighted by atomic mass is 9.92. The van der Waals surface area contributed by atoms with E-state index in [4.69, 9.17) is 14.5 Å². The molecule has 202 valence electrons. The van der Waals surface area contributed by atoms with Crippen LogP contribution in [0.5, 0.6) is 6.01 Å². The fraction of sp³-hybridized carbons (Fsp3) is 0.571. The molecule has 11 heteroatoms. The molecule has 2 saturated heterocycles. The lowest BCUT2D eigenvalue weighted by molar-refractivity contribution is -0.0315. The van der Waals surface area contributed by atoms with E-state index >= 15 is 0 Å². The van der Waals surface area contributed by atoms with Gasteiger partial charge >= 0.3 is 6.01 Å². The molecule has 39 heavy (non-hydrogen) atoms. The smallest absolute Gasteiger partial charge is 0.319 e. The zero-order valence-corrected chi connectivity index (χ0v) is 21.9. The van der Waals surface area contributed by atoms with Crippen molar-refractivity contribution in [2.45, 2.75) is 50.5 Å². The van der Waals surface area contributed by atoms with Gasteiger partial charge in [0.05, 0.1) is 24.2 Å². The fourth-order valence-electron chi connectivity index (χ4n) is 5.74. The van der Waals surface area contributed by atoms with Crippen LogP contribution in [-0.2, 0) is 4.74 Å². The van der Waals surface area contributed by atoms with E-state index in [-0.39, 0.29) is 24.6 Å². The van der Waals surface area contributed by atoms with Gasteiger partial charge < -0.3 is 19.3 Å². The summed E-state index contributed by atoms with van der Waals surface area (Å²) in [5, 5.41) is 18.1. The second-order valence-electron chi connectivity index (χ2n) is 11.3. The average Bonchev–Trinajstić information content (AvgIpc) is 3.93. The van der Waals surface area contributed by atoms with Gasteiger partial charge in [-0.2, -0.15) is 20.3 Å². The zero-order valence-electron chi connectivity index (χ0n) is 21.9. The molecular weight excluding hydrogens is 496 g/mol. The topological polar surface area (TPSA) is 133 Å². The first kappa shape index (κ1) is 24.3. The van der Waals surface area contributed by atoms with Gasteiger partial charge in [0.25, 0.3) is 5.91 Å². The molecule has 1 unspecified atom stereocenters. The molecule has 1 amide bonds. The molecule has 0 spiro atoms. The van der Waals surface area contributed by atoms with Gasteiger partial charge in [0.15, 0.2) is 5.65 Å². The van der Waals surface area contributed by atoms with Crippen LogP contribution in [0, 0.1) is 22.7 Å². The van der Waals surface area contributed by atoms with E-state index in [0.717, 1.165) is 55.5 Å². The zero-order chi connectivity index (χ0) is 26.4. The highest BCUT2D eigenvalue weighted by Crippen LogP contribution is 2.45. The van der Waals surface area contributed by atoms with Crippen LogP contribution in [0.1, 0.15) is 60.6 Å². The van der Waals surface area contributed by atoms with Gasteiger partial charge in [0, 0.05) is 55.4 Å². The fourth-order valence-corrected chi connectivity index (χ4v) is 5.74. The number of pyridine rings is 1. The van der Waals surface area contributed by atoms with E-state index in [9.17, 15) is 10.1 Å². The first-order valence-electron chi connectivity index (χ1n) is 14.0. The van der Waals surface area contributed by atoms with Crippen molar-refractivity contribution in [3.8, 4) is 12.1 Å². The van der Waals surface area contributed by atoms with E-state index < -0.39 is 5.41 Å². The summed E-state index contributed by atoms with van der Waals surface area (Å²) in [5.41, 5.74) is 1.75. The lowest BCUT2D eigenvalue weighted by Crippen LogP contribution is -2.46. The van der Waals surface area contributed by atoms with Crippen LogP contribution in [0.25, 0.3) is 11.0 Å². The second-order valence-corrected chi connectivity index (χ2v) is 11.3. The second kappa shape index (κ2) is 9.75. The number of rotatable bonds is 7. The monoisotopic (exact) mass is 528 g/mol. The Morgan fingerprint density at radius 1 is 1.21 bits per heavy atom. The number of amides is 1. The molecule has 11 nitrogen and oxygen atoms in total. The first-order valence-corrected chi connectivity index (χ1v) is 14.0. The number of morpholine rings is 1. The number of aromatic amines is 1. The molecule has 7 rings (SSSR count). The number of hydrogen-bond donors (Lipinski definition) is 1. The number of carbonyl (C=O) groups excluding carboxylic acids is 1. The Morgan fingerprint density at radius 3 is 2.82 bits per heavy atom. The molecule has 0 bridgehead atoms. The summed E-state index contributed by atoms with van der Waals surface area (Å²) in [6, 6.07) is 8.31. The Kier molecular flexibility index (Phi) is 6.07. The third-order valence-corrected chi connectivity index (χ3v) is 8.59. The Balaban J connectivity index is 1.10. The summed E-state index contributed by atoms with van der Waals surface area (Å²) in [5.74, 6) is 1.47. The molecule has 3 aromatic heterocycles. The van der Waals surface area contributed by atoms with Crippen molar-refractivity contribution in [1.82, 2.24) is 30.0 Å². The summed E-state index contributed by atoms with van der Waals surface area (Å²) in [7, 11) is 0. The van der Waals surface area contributed by atoms with E-state index in [1.54, 1.807) is 12.3 Å². The normalized spacial score (nSPS) is 23.0. The molecule has 1 N–H and O–H groups in total. The highest BCUT2D eigenvalue weighted by molar-refractivity contribution is 5.93. The number of ether oxygens (including phenoxy) is 2. The minimum atomic E-state index is -0.453. The Hall–Kier alpha value is -3.78. The largest absolute Gasteiger partial charge is 0.462 e. The number of nitriles is 1. The molecule has 2 aliphatic carbocycles. The van der Waals surface area contributed by atoms with Crippen molar-refractivity contribution in [3.05, 3.63) is 35.8 Å². The van der Waals surface area contributed by atoms with Gasteiger partial charge in [0.2, 0.25) is 0 Å². The third-order valence-electron chi connectivity index (χ3n) is 8.59. The highest BCUT2D eigenvalue weighted by Gasteiger charge is 2.44. The number of aromatic nitrogens is 5. The lowest BCUT2D eigenvalue weighted by Gasteiger charge is -2.34. The van der Waals surface area contributed by atoms with Crippen LogP contribution >= 0.6 is 0 Å². The van der Waals surface area contributed by atoms with Gasteiger partial charge in [-0.15, -0.1) is 0 Å². The number of nitrogens with zero attached hydrogens (tertiary/aromatic N) is 7. The molecular formula is C28H32N8O3. The Morgan fingerprint density at radius 2 is 2.05 bits per heavy atom. The standard InChI is InChI=1S/C28H32N8O3/c29-16-28(7-8-28)17-39-27-31-21(26(37)36-12-13-38-22(15-36)18-3-4-18)14-23(32-27)35-10-5-19(6-11-35)24-20-2-1-9-30-25(20)34-33-24/h1-2,9,14,18-19,22H,3-8,10-13,15,17H2,(H,30,33,34). The van der Waals surface area contributed by atoms with Crippen molar-refractivity contribution < 1.29 is 14.3 Å². The number of piperidine rings is 1. The molecule has 2 saturated carbocycles. The number of hydrogen-bond acceptors (Lipinski definition) is 9. The van der Waals surface area contributed by atoms with E-state index in [1.165, 1.54) is 12.8 Å². The molecule has 5 heterocycles. The van der Waals surface area contributed by atoms with Crippen molar-refractivity contribution in [3.63, 3.8) is 0 Å². The minimum absolute atomic E-state index is 0.109. The highest BCUT2D eigenvalue weighted by atomic mass is 16.5. The summed E-state index contributed by atoms with van der Waals surface area (Å²) >= 11 is 0. The summed E-state index contributed by atoms with van der Waals surface area (Å²) in [4.78, 5) is 31.2. The number of carbonyl (C=O) groups is 1. The van der Waals surface area contributed by atoms with Gasteiger partial charge in [-0.3, -0.25) is 9.89 Å². The van der Waals surface area contributed by atoms with Crippen LogP contribution in [-0.4, -0.2) is 81.5 Å². The average molecular weight is 529 g/mol. The molecule has 2 aliphatic heterocycles. The summed E-state index contributed by atoms with van der Waals surface area (Å²) in [6.45, 7) is 3.48.